The van der Waals surface area contributed by atoms with E-state index in [-0.39, 0.29) is 5.92 Å². The Balaban J connectivity index is 1.53. The van der Waals surface area contributed by atoms with Crippen molar-refractivity contribution in [2.75, 3.05) is 18.5 Å². The highest BCUT2D eigenvalue weighted by molar-refractivity contribution is 6.06. The monoisotopic (exact) mass is 466 g/mol. The molecular formula is C27H26N6O2. The molecule has 4 heterocycles. The number of rotatable bonds is 6. The fourth-order valence-electron chi connectivity index (χ4n) is 4.93. The second kappa shape index (κ2) is 8.56. The van der Waals surface area contributed by atoms with Gasteiger partial charge in [-0.15, -0.1) is 5.10 Å². The molecule has 3 aromatic heterocycles. The highest BCUT2D eigenvalue weighted by atomic mass is 16.5. The number of nitrogens with zero attached hydrogens (tertiary/aromatic N) is 4. The summed E-state index contributed by atoms with van der Waals surface area (Å²) in [5, 5.41) is 9.29. The molecule has 1 unspecified atom stereocenters. The maximum Gasteiger partial charge on any atom is 0.254 e. The molecule has 1 atom stereocenters. The van der Waals surface area contributed by atoms with E-state index in [1.54, 1.807) is 6.07 Å². The van der Waals surface area contributed by atoms with Gasteiger partial charge in [0.1, 0.15) is 5.52 Å². The fourth-order valence-corrected chi connectivity index (χ4v) is 4.93. The van der Waals surface area contributed by atoms with E-state index < -0.39 is 5.91 Å². The lowest BCUT2D eigenvalue weighted by Crippen LogP contribution is -2.14. The first-order chi connectivity index (χ1) is 17.1. The number of aromatic nitrogens is 4. The van der Waals surface area contributed by atoms with Crippen LogP contribution in [0, 0.1) is 6.92 Å². The number of carbonyl (C=O) groups is 1. The predicted molar refractivity (Wildman–Crippen MR) is 135 cm³/mol. The van der Waals surface area contributed by atoms with Crippen molar-refractivity contribution >= 4 is 28.1 Å². The molecular weight excluding hydrogens is 440 g/mol. The number of nitrogens with one attached hydrogen (secondary N) is 1. The highest BCUT2D eigenvalue weighted by Gasteiger charge is 2.24. The van der Waals surface area contributed by atoms with Crippen LogP contribution in [0.5, 0.6) is 0 Å². The van der Waals surface area contributed by atoms with Crippen molar-refractivity contribution in [2.24, 2.45) is 5.73 Å². The first kappa shape index (κ1) is 21.4. The number of carbonyl (C=O) groups excluding carboxylic acids is 1. The molecule has 1 saturated heterocycles. The number of aryl methyl sites for hydroxylation is 1. The van der Waals surface area contributed by atoms with Gasteiger partial charge >= 0.3 is 0 Å². The summed E-state index contributed by atoms with van der Waals surface area (Å²) in [4.78, 5) is 17.0. The van der Waals surface area contributed by atoms with E-state index in [0.29, 0.717) is 24.7 Å². The van der Waals surface area contributed by atoms with Gasteiger partial charge in [0.05, 0.1) is 12.1 Å². The molecule has 0 aliphatic carbocycles. The smallest absolute Gasteiger partial charge is 0.254 e. The summed E-state index contributed by atoms with van der Waals surface area (Å²) in [6.07, 6.45) is 0.964. The Morgan fingerprint density at radius 1 is 1.11 bits per heavy atom. The molecule has 35 heavy (non-hydrogen) atoms. The molecule has 1 amide bonds. The quantitative estimate of drug-likeness (QED) is 0.391. The molecule has 0 bridgehead atoms. The minimum absolute atomic E-state index is 0.284. The Labute approximate surface area is 202 Å². The molecule has 2 aromatic carbocycles. The molecule has 1 aliphatic rings. The van der Waals surface area contributed by atoms with Gasteiger partial charge in [0.25, 0.3) is 5.95 Å². The van der Waals surface area contributed by atoms with Gasteiger partial charge < -0.3 is 15.8 Å². The average molecular weight is 467 g/mol. The Morgan fingerprint density at radius 3 is 2.74 bits per heavy atom. The molecule has 176 valence electrons. The lowest BCUT2D eigenvalue weighted by molar-refractivity contribution is 0.100. The van der Waals surface area contributed by atoms with Crippen LogP contribution < -0.4 is 11.1 Å². The van der Waals surface area contributed by atoms with Crippen molar-refractivity contribution in [3.05, 3.63) is 89.2 Å². The Morgan fingerprint density at radius 2 is 1.97 bits per heavy atom. The molecule has 0 spiro atoms. The molecule has 6 rings (SSSR count). The van der Waals surface area contributed by atoms with Gasteiger partial charge in [0, 0.05) is 41.4 Å². The number of benzene rings is 2. The van der Waals surface area contributed by atoms with Crippen molar-refractivity contribution in [2.45, 2.75) is 25.8 Å². The maximum absolute atomic E-state index is 12.0. The summed E-state index contributed by atoms with van der Waals surface area (Å²) in [5.74, 6) is 1.10. The van der Waals surface area contributed by atoms with Crippen LogP contribution in [0.25, 0.3) is 22.4 Å². The van der Waals surface area contributed by atoms with E-state index >= 15 is 0 Å². The summed E-state index contributed by atoms with van der Waals surface area (Å²) in [6, 6.07) is 21.9. The Bertz CT molecular complexity index is 1550. The SMILES string of the molecule is Cc1cc2c(C(N)=O)cccc2n1-c1nc(NCc2ccccc2)c2ccc(C3CCOC3)n2n1. The van der Waals surface area contributed by atoms with Crippen molar-refractivity contribution in [1.29, 1.82) is 0 Å². The summed E-state index contributed by atoms with van der Waals surface area (Å²) >= 11 is 0. The molecule has 8 nitrogen and oxygen atoms in total. The number of anilines is 1. The van der Waals surface area contributed by atoms with E-state index in [1.807, 2.05) is 52.4 Å². The zero-order valence-corrected chi connectivity index (χ0v) is 19.4. The van der Waals surface area contributed by atoms with Gasteiger partial charge in [-0.25, -0.2) is 4.52 Å². The molecule has 8 heteroatoms. The Hall–Kier alpha value is -4.17. The lowest BCUT2D eigenvalue weighted by atomic mass is 10.1. The zero-order valence-electron chi connectivity index (χ0n) is 19.4. The number of primary amides is 1. The van der Waals surface area contributed by atoms with Crippen LogP contribution in [-0.4, -0.2) is 38.3 Å². The molecule has 1 aliphatic heterocycles. The summed E-state index contributed by atoms with van der Waals surface area (Å²) in [6.45, 7) is 4.06. The number of hydrogen-bond acceptors (Lipinski definition) is 5. The minimum Gasteiger partial charge on any atom is -0.381 e. The van der Waals surface area contributed by atoms with E-state index in [2.05, 4.69) is 29.6 Å². The lowest BCUT2D eigenvalue weighted by Gasteiger charge is -2.14. The first-order valence-corrected chi connectivity index (χ1v) is 11.8. The van der Waals surface area contributed by atoms with Gasteiger partial charge in [-0.2, -0.15) is 4.98 Å². The molecule has 0 radical (unpaired) electrons. The number of amides is 1. The number of fused-ring (bicyclic) bond motifs is 2. The van der Waals surface area contributed by atoms with Crippen molar-refractivity contribution in [3.8, 4) is 5.95 Å². The Kier molecular flexibility index (Phi) is 5.22. The standard InChI is InChI=1S/C27H26N6O2/c1-17-14-21-20(25(28)34)8-5-9-23(21)32(17)27-30-26(29-15-18-6-3-2-4-7-18)24-11-10-22(33(24)31-27)19-12-13-35-16-19/h2-11,14,19H,12-13,15-16H2,1H3,(H2,28,34)(H,29,30,31). The summed E-state index contributed by atoms with van der Waals surface area (Å²) < 4.78 is 9.62. The van der Waals surface area contributed by atoms with Crippen LogP contribution in [0.15, 0.2) is 66.7 Å². The average Bonchev–Trinajstić information content (AvgIpc) is 3.60. The minimum atomic E-state index is -0.455. The third kappa shape index (κ3) is 3.72. The molecule has 0 saturated carbocycles. The molecule has 3 N–H and O–H groups in total. The van der Waals surface area contributed by atoms with Gasteiger partial charge in [0.15, 0.2) is 5.82 Å². The molecule has 1 fully saturated rings. The van der Waals surface area contributed by atoms with E-state index in [0.717, 1.165) is 52.2 Å². The summed E-state index contributed by atoms with van der Waals surface area (Å²) in [5.41, 5.74) is 11.1. The second-order valence-electron chi connectivity index (χ2n) is 8.94. The van der Waals surface area contributed by atoms with Crippen molar-refractivity contribution in [3.63, 3.8) is 0 Å². The normalized spacial score (nSPS) is 15.7. The van der Waals surface area contributed by atoms with Crippen molar-refractivity contribution < 1.29 is 9.53 Å². The zero-order chi connectivity index (χ0) is 23.9. The third-order valence-electron chi connectivity index (χ3n) is 6.67. The van der Waals surface area contributed by atoms with Gasteiger partial charge in [0.2, 0.25) is 5.91 Å². The second-order valence-corrected chi connectivity index (χ2v) is 8.94. The van der Waals surface area contributed by atoms with Crippen LogP contribution in [-0.2, 0) is 11.3 Å². The largest absolute Gasteiger partial charge is 0.381 e. The van der Waals surface area contributed by atoms with E-state index in [4.69, 9.17) is 20.6 Å². The third-order valence-corrected chi connectivity index (χ3v) is 6.67. The predicted octanol–water partition coefficient (Wildman–Crippen LogP) is 4.20. The van der Waals surface area contributed by atoms with Crippen LogP contribution in [0.1, 0.15) is 39.6 Å². The first-order valence-electron chi connectivity index (χ1n) is 11.8. The number of hydrogen-bond donors (Lipinski definition) is 2. The van der Waals surface area contributed by atoms with Crippen LogP contribution in [0.4, 0.5) is 5.82 Å². The fraction of sp³-hybridized carbons (Fsp3) is 0.222. The maximum atomic E-state index is 12.0. The summed E-state index contributed by atoms with van der Waals surface area (Å²) in [7, 11) is 0. The number of ether oxygens (including phenoxy) is 1. The number of nitrogens with two attached hydrogens (primary N) is 1. The van der Waals surface area contributed by atoms with Crippen LogP contribution in [0.3, 0.4) is 0 Å². The topological polar surface area (TPSA) is 99.5 Å². The van der Waals surface area contributed by atoms with E-state index in [1.165, 1.54) is 0 Å². The van der Waals surface area contributed by atoms with Gasteiger partial charge in [-0.1, -0.05) is 36.4 Å². The van der Waals surface area contributed by atoms with Crippen LogP contribution >= 0.6 is 0 Å². The van der Waals surface area contributed by atoms with Gasteiger partial charge in [-0.3, -0.25) is 9.36 Å². The van der Waals surface area contributed by atoms with Gasteiger partial charge in [-0.05, 0) is 49.2 Å². The van der Waals surface area contributed by atoms with Crippen LogP contribution in [0.2, 0.25) is 0 Å². The molecule has 5 aromatic rings. The van der Waals surface area contributed by atoms with E-state index in [9.17, 15) is 4.79 Å². The van der Waals surface area contributed by atoms with Crippen molar-refractivity contribution in [1.82, 2.24) is 19.2 Å². The highest BCUT2D eigenvalue weighted by Crippen LogP contribution is 2.31.